The van der Waals surface area contributed by atoms with Crippen molar-refractivity contribution in [2.24, 2.45) is 0 Å². The summed E-state index contributed by atoms with van der Waals surface area (Å²) in [4.78, 5) is 4.16. The Morgan fingerprint density at radius 2 is 2.00 bits per heavy atom. The number of nitriles is 1. The second kappa shape index (κ2) is 5.93. The molecule has 110 valence electrons. The van der Waals surface area contributed by atoms with E-state index in [2.05, 4.69) is 9.71 Å². The molecule has 0 aliphatic heterocycles. The summed E-state index contributed by atoms with van der Waals surface area (Å²) in [7, 11) is -3.50. The van der Waals surface area contributed by atoms with Crippen molar-refractivity contribution in [2.45, 2.75) is 25.1 Å². The van der Waals surface area contributed by atoms with Gasteiger partial charge in [-0.15, -0.1) is 11.3 Å². The fourth-order valence-corrected chi connectivity index (χ4v) is 4.26. The van der Waals surface area contributed by atoms with E-state index in [1.807, 2.05) is 11.4 Å². The Balaban J connectivity index is 2.13. The molecule has 0 saturated carbocycles. The van der Waals surface area contributed by atoms with E-state index in [0.29, 0.717) is 16.1 Å². The van der Waals surface area contributed by atoms with E-state index >= 15 is 0 Å². The van der Waals surface area contributed by atoms with Gasteiger partial charge in [-0.3, -0.25) is 0 Å². The van der Waals surface area contributed by atoms with Gasteiger partial charge in [0.05, 0.1) is 22.9 Å². The minimum atomic E-state index is -3.50. The Morgan fingerprint density at radius 3 is 2.52 bits per heavy atom. The van der Waals surface area contributed by atoms with Crippen molar-refractivity contribution in [3.05, 3.63) is 52.0 Å². The van der Waals surface area contributed by atoms with Crippen molar-refractivity contribution >= 4 is 21.4 Å². The molecule has 0 fully saturated rings. The van der Waals surface area contributed by atoms with E-state index in [9.17, 15) is 8.42 Å². The molecule has 1 aromatic heterocycles. The first kappa shape index (κ1) is 15.6. The fraction of sp³-hybridized carbons (Fsp3) is 0.286. The van der Waals surface area contributed by atoms with Crippen LogP contribution in [0.15, 0.2) is 35.8 Å². The molecule has 2 rings (SSSR count). The highest BCUT2D eigenvalue weighted by Crippen LogP contribution is 2.23. The van der Waals surface area contributed by atoms with Crippen molar-refractivity contribution in [1.29, 1.82) is 5.26 Å². The van der Waals surface area contributed by atoms with Gasteiger partial charge in [0.25, 0.3) is 0 Å². The normalized spacial score (nSPS) is 12.0. The molecule has 1 heterocycles. The standard InChI is InChI=1S/C14H15N3O2S2/c1-14(2,13-16-7-8-20-13)17-21(18,19)10-12-5-3-11(9-15)4-6-12/h3-8,17H,10H2,1-2H3. The first-order valence-electron chi connectivity index (χ1n) is 6.23. The van der Waals surface area contributed by atoms with Crippen LogP contribution in [0.5, 0.6) is 0 Å². The van der Waals surface area contributed by atoms with E-state index in [4.69, 9.17) is 5.26 Å². The second-order valence-electron chi connectivity index (χ2n) is 5.13. The highest BCUT2D eigenvalue weighted by atomic mass is 32.2. The lowest BCUT2D eigenvalue weighted by Gasteiger charge is -2.23. The maximum atomic E-state index is 12.3. The number of thiazole rings is 1. The van der Waals surface area contributed by atoms with Crippen molar-refractivity contribution in [3.8, 4) is 6.07 Å². The number of sulfonamides is 1. The van der Waals surface area contributed by atoms with Gasteiger partial charge in [-0.25, -0.2) is 18.1 Å². The topological polar surface area (TPSA) is 82.9 Å². The molecule has 0 spiro atoms. The highest BCUT2D eigenvalue weighted by molar-refractivity contribution is 7.88. The molecule has 0 radical (unpaired) electrons. The second-order valence-corrected chi connectivity index (χ2v) is 7.75. The van der Waals surface area contributed by atoms with Gasteiger partial charge in [0, 0.05) is 11.6 Å². The van der Waals surface area contributed by atoms with Gasteiger partial charge in [-0.2, -0.15) is 5.26 Å². The zero-order valence-electron chi connectivity index (χ0n) is 11.7. The SMILES string of the molecule is CC(C)(NS(=O)(=O)Cc1ccc(C#N)cc1)c1nccs1. The van der Waals surface area contributed by atoms with Gasteiger partial charge in [0.2, 0.25) is 10.0 Å². The first-order valence-corrected chi connectivity index (χ1v) is 8.76. The predicted octanol–water partition coefficient (Wildman–Crippen LogP) is 2.37. The highest BCUT2D eigenvalue weighted by Gasteiger charge is 2.29. The van der Waals surface area contributed by atoms with E-state index in [1.54, 1.807) is 44.3 Å². The summed E-state index contributed by atoms with van der Waals surface area (Å²) in [6.45, 7) is 3.56. The van der Waals surface area contributed by atoms with Gasteiger partial charge in [-0.1, -0.05) is 12.1 Å². The lowest BCUT2D eigenvalue weighted by atomic mass is 10.1. The van der Waals surface area contributed by atoms with Crippen LogP contribution in [0.25, 0.3) is 0 Å². The van der Waals surface area contributed by atoms with Crippen molar-refractivity contribution in [1.82, 2.24) is 9.71 Å². The van der Waals surface area contributed by atoms with Crippen LogP contribution in [-0.2, 0) is 21.3 Å². The zero-order valence-corrected chi connectivity index (χ0v) is 13.3. The van der Waals surface area contributed by atoms with Crippen LogP contribution in [0, 0.1) is 11.3 Å². The van der Waals surface area contributed by atoms with E-state index < -0.39 is 15.6 Å². The number of hydrogen-bond acceptors (Lipinski definition) is 5. The Labute approximate surface area is 128 Å². The summed E-state index contributed by atoms with van der Waals surface area (Å²) in [5, 5.41) is 11.3. The molecule has 5 nitrogen and oxygen atoms in total. The Hall–Kier alpha value is -1.75. The van der Waals surface area contributed by atoms with Crippen molar-refractivity contribution in [2.75, 3.05) is 0 Å². The molecule has 0 bridgehead atoms. The van der Waals surface area contributed by atoms with Crippen molar-refractivity contribution < 1.29 is 8.42 Å². The molecular formula is C14H15N3O2S2. The lowest BCUT2D eigenvalue weighted by molar-refractivity contribution is 0.469. The molecule has 2 aromatic rings. The Kier molecular flexibility index (Phi) is 4.42. The van der Waals surface area contributed by atoms with Crippen LogP contribution in [0.4, 0.5) is 0 Å². The number of rotatable bonds is 5. The maximum absolute atomic E-state index is 12.3. The Bertz CT molecular complexity index is 743. The maximum Gasteiger partial charge on any atom is 0.216 e. The molecule has 0 unspecified atom stereocenters. The average Bonchev–Trinajstić information content (AvgIpc) is 2.92. The molecule has 7 heteroatoms. The third-order valence-electron chi connectivity index (χ3n) is 2.82. The quantitative estimate of drug-likeness (QED) is 0.916. The largest absolute Gasteiger partial charge is 0.248 e. The summed E-state index contributed by atoms with van der Waals surface area (Å²) in [6.07, 6.45) is 1.65. The number of benzene rings is 1. The summed E-state index contributed by atoms with van der Waals surface area (Å²) >= 11 is 1.41. The van der Waals surface area contributed by atoms with Crippen LogP contribution in [-0.4, -0.2) is 13.4 Å². The molecule has 1 N–H and O–H groups in total. The van der Waals surface area contributed by atoms with Crippen molar-refractivity contribution in [3.63, 3.8) is 0 Å². The van der Waals surface area contributed by atoms with Gasteiger partial charge >= 0.3 is 0 Å². The first-order chi connectivity index (χ1) is 9.82. The van der Waals surface area contributed by atoms with Gasteiger partial charge in [0.1, 0.15) is 5.01 Å². The Morgan fingerprint density at radius 1 is 1.33 bits per heavy atom. The minimum absolute atomic E-state index is 0.131. The number of hydrogen-bond donors (Lipinski definition) is 1. The average molecular weight is 321 g/mol. The lowest BCUT2D eigenvalue weighted by Crippen LogP contribution is -2.41. The summed E-state index contributed by atoms with van der Waals surface area (Å²) in [5.74, 6) is -0.131. The third kappa shape index (κ3) is 4.11. The summed E-state index contributed by atoms with van der Waals surface area (Å²) < 4.78 is 27.2. The van der Waals surface area contributed by atoms with Crippen LogP contribution < -0.4 is 4.72 Å². The van der Waals surface area contributed by atoms with Gasteiger partial charge in [-0.05, 0) is 31.5 Å². The van der Waals surface area contributed by atoms with Gasteiger partial charge in [0.15, 0.2) is 0 Å². The smallest absolute Gasteiger partial charge is 0.216 e. The van der Waals surface area contributed by atoms with Crippen LogP contribution >= 0.6 is 11.3 Å². The minimum Gasteiger partial charge on any atom is -0.248 e. The van der Waals surface area contributed by atoms with E-state index in [1.165, 1.54) is 11.3 Å². The van der Waals surface area contributed by atoms with Gasteiger partial charge < -0.3 is 0 Å². The van der Waals surface area contributed by atoms with Crippen LogP contribution in [0.3, 0.4) is 0 Å². The molecule has 1 aromatic carbocycles. The molecule has 0 amide bonds. The zero-order chi connectivity index (χ0) is 15.5. The number of nitrogens with one attached hydrogen (secondary N) is 1. The molecule has 0 saturated heterocycles. The predicted molar refractivity (Wildman–Crippen MR) is 82.1 cm³/mol. The summed E-state index contributed by atoms with van der Waals surface area (Å²) in [5.41, 5.74) is 0.392. The van der Waals surface area contributed by atoms with E-state index in [-0.39, 0.29) is 5.75 Å². The number of nitrogens with zero attached hydrogens (tertiary/aromatic N) is 2. The third-order valence-corrected chi connectivity index (χ3v) is 5.45. The van der Waals surface area contributed by atoms with Crippen LogP contribution in [0.2, 0.25) is 0 Å². The molecule has 0 atom stereocenters. The molecule has 21 heavy (non-hydrogen) atoms. The number of aromatic nitrogens is 1. The van der Waals surface area contributed by atoms with Crippen LogP contribution in [0.1, 0.15) is 30.0 Å². The fourth-order valence-electron chi connectivity index (χ4n) is 1.90. The molecule has 0 aliphatic rings. The monoisotopic (exact) mass is 321 g/mol. The summed E-state index contributed by atoms with van der Waals surface area (Å²) in [6, 6.07) is 8.51. The molecular weight excluding hydrogens is 306 g/mol. The van der Waals surface area contributed by atoms with E-state index in [0.717, 1.165) is 0 Å². The molecule has 0 aliphatic carbocycles.